The highest BCUT2D eigenvalue weighted by Gasteiger charge is 2.61. The van der Waals surface area contributed by atoms with Crippen LogP contribution in [0.3, 0.4) is 0 Å². The van der Waals surface area contributed by atoms with Gasteiger partial charge in [0.15, 0.2) is 0 Å². The standard InChI is InChI=1S/C33H42N2O6/c1-31(2,3)41-29(38)34-17-15-21(16-18-34)33(6,28(36)37)35(27-19-32(27,4)5)30(39)40-20-26-24-13-9-7-11-22(24)23-12-8-10-14-25(23)26/h7-14,21,26-27H,15-20H2,1-6H3,(H,36,37)/t27-,33?/m0/s1. The van der Waals surface area contributed by atoms with Crippen LogP contribution in [0.25, 0.3) is 11.1 Å². The molecule has 2 atom stereocenters. The summed E-state index contributed by atoms with van der Waals surface area (Å²) in [5.74, 6) is -1.52. The fraction of sp³-hybridized carbons (Fsp3) is 0.545. The molecule has 2 amide bonds. The van der Waals surface area contributed by atoms with Crippen molar-refractivity contribution < 1.29 is 29.0 Å². The Morgan fingerprint density at radius 2 is 1.46 bits per heavy atom. The van der Waals surface area contributed by atoms with Gasteiger partial charge in [-0.2, -0.15) is 0 Å². The number of piperidine rings is 1. The second kappa shape index (κ2) is 10.4. The zero-order chi connectivity index (χ0) is 29.7. The molecular formula is C33H42N2O6. The van der Waals surface area contributed by atoms with E-state index in [1.54, 1.807) is 11.8 Å². The number of carbonyl (C=O) groups is 3. The molecule has 2 aromatic carbocycles. The first-order chi connectivity index (χ1) is 19.2. The van der Waals surface area contributed by atoms with Gasteiger partial charge >= 0.3 is 18.2 Å². The lowest BCUT2D eigenvalue weighted by atomic mass is 9.77. The third kappa shape index (κ3) is 5.41. The number of benzene rings is 2. The molecule has 0 radical (unpaired) electrons. The van der Waals surface area contributed by atoms with E-state index in [1.165, 1.54) is 4.90 Å². The number of fused-ring (bicyclic) bond motifs is 3. The van der Waals surface area contributed by atoms with Crippen LogP contribution in [0, 0.1) is 11.3 Å². The van der Waals surface area contributed by atoms with Crippen molar-refractivity contribution in [2.75, 3.05) is 19.7 Å². The normalized spacial score (nSPS) is 21.3. The van der Waals surface area contributed by atoms with E-state index in [0.29, 0.717) is 32.4 Å². The van der Waals surface area contributed by atoms with Gasteiger partial charge in [0.25, 0.3) is 0 Å². The molecule has 1 heterocycles. The van der Waals surface area contributed by atoms with E-state index >= 15 is 0 Å². The summed E-state index contributed by atoms with van der Waals surface area (Å²) in [6.45, 7) is 12.1. The number of aliphatic carboxylic acids is 1. The lowest BCUT2D eigenvalue weighted by molar-refractivity contribution is -0.155. The maximum atomic E-state index is 14.0. The molecule has 1 unspecified atom stereocenters. The Hall–Kier alpha value is -3.55. The van der Waals surface area contributed by atoms with Crippen LogP contribution >= 0.6 is 0 Å². The Morgan fingerprint density at radius 3 is 1.93 bits per heavy atom. The molecule has 0 spiro atoms. The van der Waals surface area contributed by atoms with Crippen LogP contribution in [0.5, 0.6) is 0 Å². The van der Waals surface area contributed by atoms with Crippen molar-refractivity contribution in [3.63, 3.8) is 0 Å². The van der Waals surface area contributed by atoms with Gasteiger partial charge in [0.05, 0.1) is 0 Å². The predicted octanol–water partition coefficient (Wildman–Crippen LogP) is 6.53. The zero-order valence-electron chi connectivity index (χ0n) is 25.0. The second-order valence-corrected chi connectivity index (χ2v) is 13.6. The summed E-state index contributed by atoms with van der Waals surface area (Å²) in [4.78, 5) is 42.8. The predicted molar refractivity (Wildman–Crippen MR) is 156 cm³/mol. The van der Waals surface area contributed by atoms with Crippen molar-refractivity contribution in [2.24, 2.45) is 11.3 Å². The van der Waals surface area contributed by atoms with Crippen LogP contribution in [0.2, 0.25) is 0 Å². The smallest absolute Gasteiger partial charge is 0.411 e. The van der Waals surface area contributed by atoms with Crippen molar-refractivity contribution in [3.8, 4) is 11.1 Å². The van der Waals surface area contributed by atoms with Gasteiger partial charge in [0.1, 0.15) is 17.7 Å². The molecule has 0 aromatic heterocycles. The number of amides is 2. The van der Waals surface area contributed by atoms with Crippen LogP contribution in [-0.4, -0.2) is 69.9 Å². The van der Waals surface area contributed by atoms with E-state index in [4.69, 9.17) is 9.47 Å². The minimum absolute atomic E-state index is 0.117. The molecule has 1 aliphatic heterocycles. The summed E-state index contributed by atoms with van der Waals surface area (Å²) >= 11 is 0. The van der Waals surface area contributed by atoms with E-state index in [1.807, 2.05) is 45.0 Å². The van der Waals surface area contributed by atoms with E-state index in [9.17, 15) is 19.5 Å². The minimum atomic E-state index is -1.49. The average Bonchev–Trinajstić information content (AvgIpc) is 3.41. The number of likely N-dealkylation sites (tertiary alicyclic amines) is 1. The molecule has 1 saturated heterocycles. The number of carboxylic acids is 1. The summed E-state index contributed by atoms with van der Waals surface area (Å²) in [5.41, 5.74) is 2.18. The van der Waals surface area contributed by atoms with E-state index in [-0.39, 0.29) is 29.9 Å². The number of rotatable bonds is 6. The Balaban J connectivity index is 1.36. The quantitative estimate of drug-likeness (QED) is 0.430. The number of nitrogens with zero attached hydrogens (tertiary/aromatic N) is 2. The van der Waals surface area contributed by atoms with Crippen LogP contribution in [0.1, 0.15) is 77.8 Å². The molecule has 0 bridgehead atoms. The lowest BCUT2D eigenvalue weighted by Gasteiger charge is -2.46. The van der Waals surface area contributed by atoms with Gasteiger partial charge in [0, 0.05) is 25.0 Å². The molecule has 2 fully saturated rings. The lowest BCUT2D eigenvalue weighted by Crippen LogP contribution is -2.63. The van der Waals surface area contributed by atoms with Gasteiger partial charge in [-0.15, -0.1) is 0 Å². The molecule has 5 rings (SSSR count). The van der Waals surface area contributed by atoms with Gasteiger partial charge in [-0.3, -0.25) is 4.90 Å². The number of ether oxygens (including phenoxy) is 2. The molecule has 1 saturated carbocycles. The summed E-state index contributed by atoms with van der Waals surface area (Å²) in [5, 5.41) is 10.7. The van der Waals surface area contributed by atoms with Crippen LogP contribution in [-0.2, 0) is 14.3 Å². The van der Waals surface area contributed by atoms with E-state index in [2.05, 4.69) is 38.1 Å². The van der Waals surface area contributed by atoms with Crippen molar-refractivity contribution in [1.29, 1.82) is 0 Å². The Labute approximate surface area is 242 Å². The van der Waals surface area contributed by atoms with Crippen molar-refractivity contribution >= 4 is 18.2 Å². The topological polar surface area (TPSA) is 96.4 Å². The molecular weight excluding hydrogens is 520 g/mol. The highest BCUT2D eigenvalue weighted by molar-refractivity contribution is 5.85. The van der Waals surface area contributed by atoms with Crippen molar-refractivity contribution in [1.82, 2.24) is 9.80 Å². The van der Waals surface area contributed by atoms with Gasteiger partial charge in [0.2, 0.25) is 0 Å². The van der Waals surface area contributed by atoms with Gasteiger partial charge in [-0.05, 0) is 80.5 Å². The first kappa shape index (κ1) is 29.0. The van der Waals surface area contributed by atoms with Crippen LogP contribution < -0.4 is 0 Å². The number of carboxylic acid groups (broad SMARTS) is 1. The first-order valence-electron chi connectivity index (χ1n) is 14.6. The molecule has 2 aromatic rings. The van der Waals surface area contributed by atoms with Crippen LogP contribution in [0.15, 0.2) is 48.5 Å². The maximum absolute atomic E-state index is 14.0. The highest BCUT2D eigenvalue weighted by atomic mass is 16.6. The van der Waals surface area contributed by atoms with E-state index < -0.39 is 29.3 Å². The summed E-state index contributed by atoms with van der Waals surface area (Å²) in [7, 11) is 0. The number of hydrogen-bond donors (Lipinski definition) is 1. The summed E-state index contributed by atoms with van der Waals surface area (Å²) < 4.78 is 11.6. The molecule has 3 aliphatic rings. The van der Waals surface area contributed by atoms with Gasteiger partial charge < -0.3 is 19.5 Å². The minimum Gasteiger partial charge on any atom is -0.479 e. The molecule has 8 nitrogen and oxygen atoms in total. The van der Waals surface area contributed by atoms with Gasteiger partial charge in [-0.1, -0.05) is 62.4 Å². The monoisotopic (exact) mass is 562 g/mol. The highest BCUT2D eigenvalue weighted by Crippen LogP contribution is 2.53. The van der Waals surface area contributed by atoms with Crippen LogP contribution in [0.4, 0.5) is 9.59 Å². The molecule has 8 heteroatoms. The fourth-order valence-electron chi connectivity index (χ4n) is 6.61. The van der Waals surface area contributed by atoms with Crippen molar-refractivity contribution in [3.05, 3.63) is 59.7 Å². The molecule has 1 N–H and O–H groups in total. The van der Waals surface area contributed by atoms with Crippen molar-refractivity contribution in [2.45, 2.75) is 83.9 Å². The molecule has 2 aliphatic carbocycles. The molecule has 220 valence electrons. The Bertz CT molecular complexity index is 1290. The second-order valence-electron chi connectivity index (χ2n) is 13.6. The summed E-state index contributed by atoms with van der Waals surface area (Å²) in [6, 6.07) is 16.0. The largest absolute Gasteiger partial charge is 0.479 e. The van der Waals surface area contributed by atoms with Gasteiger partial charge in [-0.25, -0.2) is 14.4 Å². The number of hydrogen-bond acceptors (Lipinski definition) is 5. The average molecular weight is 563 g/mol. The summed E-state index contributed by atoms with van der Waals surface area (Å²) in [6.07, 6.45) is 0.605. The zero-order valence-corrected chi connectivity index (χ0v) is 25.0. The maximum Gasteiger partial charge on any atom is 0.411 e. The SMILES string of the molecule is CC(C)(C)OC(=O)N1CCC(C(C)(C(=O)O)N(C(=O)OCC2c3ccccc3-c3ccccc32)[C@H]2CC2(C)C)CC1. The first-order valence-corrected chi connectivity index (χ1v) is 14.6. The third-order valence-corrected chi connectivity index (χ3v) is 9.18. The number of carbonyl (C=O) groups excluding carboxylic acids is 2. The molecule has 41 heavy (non-hydrogen) atoms. The third-order valence-electron chi connectivity index (χ3n) is 9.18. The Morgan fingerprint density at radius 1 is 0.951 bits per heavy atom. The fourth-order valence-corrected chi connectivity index (χ4v) is 6.61. The van der Waals surface area contributed by atoms with E-state index in [0.717, 1.165) is 22.3 Å². The Kier molecular flexibility index (Phi) is 7.33.